The van der Waals surface area contributed by atoms with Crippen LogP contribution in [-0.4, -0.2) is 37.2 Å². The first-order chi connectivity index (χ1) is 32.0. The Labute approximate surface area is 401 Å². The molecule has 0 heterocycles. The third-order valence-electron chi connectivity index (χ3n) is 11.4. The number of allylic oxidation sites excluding steroid dienone is 14. The summed E-state index contributed by atoms with van der Waals surface area (Å²) in [6, 6.07) is 0. The number of ether oxygens (including phenoxy) is 3. The molecule has 0 amide bonds. The van der Waals surface area contributed by atoms with E-state index in [1.165, 1.54) is 116 Å². The summed E-state index contributed by atoms with van der Waals surface area (Å²) in [7, 11) is 0. The van der Waals surface area contributed by atoms with E-state index >= 15 is 0 Å². The fourth-order valence-electron chi connectivity index (χ4n) is 7.28. The molecular weight excluding hydrogens is 805 g/mol. The van der Waals surface area contributed by atoms with Gasteiger partial charge in [0.1, 0.15) is 13.2 Å². The van der Waals surface area contributed by atoms with Crippen molar-refractivity contribution in [2.24, 2.45) is 0 Å². The van der Waals surface area contributed by atoms with Gasteiger partial charge in [0.05, 0.1) is 0 Å². The molecule has 0 bridgehead atoms. The molecule has 0 aliphatic carbocycles. The molecule has 0 unspecified atom stereocenters. The fourth-order valence-corrected chi connectivity index (χ4v) is 7.28. The van der Waals surface area contributed by atoms with Gasteiger partial charge < -0.3 is 14.2 Å². The molecular formula is C59H100O6. The van der Waals surface area contributed by atoms with Crippen molar-refractivity contribution in [1.82, 2.24) is 0 Å². The Bertz CT molecular complexity index is 1270. The maximum atomic E-state index is 12.8. The van der Waals surface area contributed by atoms with Crippen LogP contribution in [-0.2, 0) is 28.6 Å². The number of hydrogen-bond acceptors (Lipinski definition) is 6. The lowest BCUT2D eigenvalue weighted by Gasteiger charge is -2.18. The van der Waals surface area contributed by atoms with Gasteiger partial charge in [-0.3, -0.25) is 14.4 Å². The maximum Gasteiger partial charge on any atom is 0.306 e. The summed E-state index contributed by atoms with van der Waals surface area (Å²) >= 11 is 0. The third-order valence-corrected chi connectivity index (χ3v) is 11.4. The second kappa shape index (κ2) is 53.2. The quantitative estimate of drug-likeness (QED) is 0.0262. The van der Waals surface area contributed by atoms with Crippen molar-refractivity contribution in [2.45, 2.75) is 258 Å². The first-order valence-electron chi connectivity index (χ1n) is 27.1. The van der Waals surface area contributed by atoms with Crippen LogP contribution in [0.5, 0.6) is 0 Å². The zero-order valence-corrected chi connectivity index (χ0v) is 42.5. The predicted molar refractivity (Wildman–Crippen MR) is 279 cm³/mol. The molecule has 0 aliphatic rings. The number of carbonyl (C=O) groups is 3. The number of esters is 3. The van der Waals surface area contributed by atoms with Crippen LogP contribution in [0, 0.1) is 0 Å². The van der Waals surface area contributed by atoms with Crippen molar-refractivity contribution in [3.8, 4) is 0 Å². The van der Waals surface area contributed by atoms with Crippen LogP contribution in [0.25, 0.3) is 0 Å². The average Bonchev–Trinajstić information content (AvgIpc) is 3.30. The van der Waals surface area contributed by atoms with Crippen LogP contribution in [0.2, 0.25) is 0 Å². The van der Waals surface area contributed by atoms with Crippen LogP contribution in [0.4, 0.5) is 0 Å². The molecule has 0 saturated heterocycles. The van der Waals surface area contributed by atoms with Crippen molar-refractivity contribution < 1.29 is 28.6 Å². The molecule has 0 aromatic rings. The summed E-state index contributed by atoms with van der Waals surface area (Å²) in [5, 5.41) is 0. The molecule has 65 heavy (non-hydrogen) atoms. The van der Waals surface area contributed by atoms with Crippen molar-refractivity contribution in [2.75, 3.05) is 13.2 Å². The van der Waals surface area contributed by atoms with E-state index in [-0.39, 0.29) is 37.5 Å². The van der Waals surface area contributed by atoms with Crippen LogP contribution in [0.3, 0.4) is 0 Å². The summed E-state index contributed by atoms with van der Waals surface area (Å²) in [4.78, 5) is 38.0. The van der Waals surface area contributed by atoms with E-state index in [1.54, 1.807) is 0 Å². The monoisotopic (exact) mass is 905 g/mol. The molecule has 0 spiro atoms. The number of rotatable bonds is 48. The van der Waals surface area contributed by atoms with Crippen molar-refractivity contribution in [3.05, 3.63) is 85.1 Å². The maximum absolute atomic E-state index is 12.8. The van der Waals surface area contributed by atoms with Gasteiger partial charge in [-0.1, -0.05) is 228 Å². The van der Waals surface area contributed by atoms with Gasteiger partial charge in [-0.15, -0.1) is 0 Å². The Morgan fingerprint density at radius 3 is 0.985 bits per heavy atom. The molecule has 6 heteroatoms. The van der Waals surface area contributed by atoms with Gasteiger partial charge in [0, 0.05) is 19.3 Å². The van der Waals surface area contributed by atoms with E-state index in [2.05, 4.69) is 99.8 Å². The molecule has 0 N–H and O–H groups in total. The molecule has 0 saturated carbocycles. The Kier molecular flexibility index (Phi) is 50.4. The molecule has 6 nitrogen and oxygen atoms in total. The Hall–Kier alpha value is -3.41. The van der Waals surface area contributed by atoms with Gasteiger partial charge in [-0.25, -0.2) is 0 Å². The van der Waals surface area contributed by atoms with Crippen molar-refractivity contribution in [3.63, 3.8) is 0 Å². The SMILES string of the molecule is CCCCC/C=C\C/C=C\C/C=C\C/C=C\C/C=C\CCC(=O)OC[C@H](COC(=O)CCCCCCC/C=C\C/C=C\CCCCC)OC(=O)CCCCCCCCCCCCCCC. The highest BCUT2D eigenvalue weighted by atomic mass is 16.6. The normalized spacial score (nSPS) is 12.7. The van der Waals surface area contributed by atoms with Crippen LogP contribution in [0.1, 0.15) is 252 Å². The zero-order chi connectivity index (χ0) is 47.2. The Balaban J connectivity index is 4.50. The van der Waals surface area contributed by atoms with E-state index < -0.39 is 6.10 Å². The first kappa shape index (κ1) is 61.6. The largest absolute Gasteiger partial charge is 0.462 e. The van der Waals surface area contributed by atoms with Crippen molar-refractivity contribution in [1.29, 1.82) is 0 Å². The van der Waals surface area contributed by atoms with Gasteiger partial charge in [0.15, 0.2) is 6.10 Å². The summed E-state index contributed by atoms with van der Waals surface area (Å²) in [6.07, 6.45) is 68.6. The highest BCUT2D eigenvalue weighted by Gasteiger charge is 2.19. The standard InChI is InChI=1S/C59H100O6/c1-4-7-10-13-16-19-22-25-27-28-29-30-32-35-37-40-43-46-49-52-58(61)64-55-56(65-59(62)53-50-47-44-41-38-33-24-21-18-15-12-9-6-3)54-63-57(60)51-48-45-42-39-36-34-31-26-23-20-17-14-11-8-5-2/h16-17,19-20,25-27,29-31,35,37,43,46,56H,4-15,18,21-24,28,32-34,36,38-42,44-45,47-55H2,1-3H3/b19-16-,20-17-,27-25-,30-29-,31-26-,37-35-,46-43-/t56-/m0/s1. The highest BCUT2D eigenvalue weighted by Crippen LogP contribution is 2.14. The number of carbonyl (C=O) groups excluding carboxylic acids is 3. The summed E-state index contributed by atoms with van der Waals surface area (Å²) in [5.74, 6) is -1.00. The van der Waals surface area contributed by atoms with Gasteiger partial charge in [-0.05, 0) is 89.9 Å². The molecule has 0 rings (SSSR count). The molecule has 0 aromatic heterocycles. The molecule has 1 atom stereocenters. The van der Waals surface area contributed by atoms with E-state index in [1.807, 2.05) is 6.08 Å². The second-order valence-electron chi connectivity index (χ2n) is 17.8. The lowest BCUT2D eigenvalue weighted by Crippen LogP contribution is -2.30. The predicted octanol–water partition coefficient (Wildman–Crippen LogP) is 18.0. The minimum Gasteiger partial charge on any atom is -0.462 e. The number of unbranched alkanes of at least 4 members (excludes halogenated alkanes) is 23. The minimum absolute atomic E-state index is 0.105. The topological polar surface area (TPSA) is 78.9 Å². The number of hydrogen-bond donors (Lipinski definition) is 0. The van der Waals surface area contributed by atoms with Gasteiger partial charge in [0.25, 0.3) is 0 Å². The van der Waals surface area contributed by atoms with Crippen LogP contribution < -0.4 is 0 Å². The molecule has 0 fully saturated rings. The Morgan fingerprint density at radius 2 is 0.585 bits per heavy atom. The average molecular weight is 905 g/mol. The summed E-state index contributed by atoms with van der Waals surface area (Å²) < 4.78 is 16.7. The lowest BCUT2D eigenvalue weighted by atomic mass is 10.0. The van der Waals surface area contributed by atoms with E-state index in [4.69, 9.17) is 14.2 Å². The van der Waals surface area contributed by atoms with Crippen LogP contribution >= 0.6 is 0 Å². The smallest absolute Gasteiger partial charge is 0.306 e. The zero-order valence-electron chi connectivity index (χ0n) is 42.5. The van der Waals surface area contributed by atoms with Crippen LogP contribution in [0.15, 0.2) is 85.1 Å². The van der Waals surface area contributed by atoms with E-state index in [0.29, 0.717) is 19.3 Å². The summed E-state index contributed by atoms with van der Waals surface area (Å²) in [6.45, 7) is 6.51. The first-order valence-corrected chi connectivity index (χ1v) is 27.1. The molecule has 0 aliphatic heterocycles. The summed E-state index contributed by atoms with van der Waals surface area (Å²) in [5.41, 5.74) is 0. The third kappa shape index (κ3) is 51.4. The Morgan fingerprint density at radius 1 is 0.308 bits per heavy atom. The van der Waals surface area contributed by atoms with E-state index in [0.717, 1.165) is 89.9 Å². The second-order valence-corrected chi connectivity index (χ2v) is 17.8. The van der Waals surface area contributed by atoms with Gasteiger partial charge in [-0.2, -0.15) is 0 Å². The molecule has 372 valence electrons. The fraction of sp³-hybridized carbons (Fsp3) is 0.712. The minimum atomic E-state index is -0.810. The van der Waals surface area contributed by atoms with Crippen molar-refractivity contribution >= 4 is 17.9 Å². The highest BCUT2D eigenvalue weighted by molar-refractivity contribution is 5.71. The van der Waals surface area contributed by atoms with Gasteiger partial charge in [0.2, 0.25) is 0 Å². The van der Waals surface area contributed by atoms with Gasteiger partial charge >= 0.3 is 17.9 Å². The molecule has 0 aromatic carbocycles. The molecule has 0 radical (unpaired) electrons. The van der Waals surface area contributed by atoms with E-state index in [9.17, 15) is 14.4 Å². The lowest BCUT2D eigenvalue weighted by molar-refractivity contribution is -0.166.